The molecule has 0 aliphatic heterocycles. The van der Waals surface area contributed by atoms with Gasteiger partial charge in [0.15, 0.2) is 0 Å². The van der Waals surface area contributed by atoms with Crippen LogP contribution in [-0.4, -0.2) is 45.8 Å². The summed E-state index contributed by atoms with van der Waals surface area (Å²) in [7, 11) is 0. The van der Waals surface area contributed by atoms with Crippen LogP contribution < -0.4 is 0 Å². The van der Waals surface area contributed by atoms with E-state index in [1.807, 2.05) is 13.8 Å². The van der Waals surface area contributed by atoms with E-state index in [1.54, 1.807) is 0 Å². The zero-order chi connectivity index (χ0) is 46.3. The van der Waals surface area contributed by atoms with Crippen LogP contribution in [-0.2, 0) is 0 Å². The zero-order valence-electron chi connectivity index (χ0n) is 43.7. The van der Waals surface area contributed by atoms with Gasteiger partial charge in [0.1, 0.15) is 0 Å². The van der Waals surface area contributed by atoms with Crippen LogP contribution in [0.4, 0.5) is 0 Å². The van der Waals surface area contributed by atoms with Crippen LogP contribution in [0.5, 0.6) is 0 Å². The van der Waals surface area contributed by atoms with E-state index in [0.29, 0.717) is 43.3 Å². The Kier molecular flexibility index (Phi) is 12.0. The first-order valence-electron chi connectivity index (χ1n) is 27.9. The highest BCUT2D eigenvalue weighted by molar-refractivity contribution is 5.32. The summed E-state index contributed by atoms with van der Waals surface area (Å²) in [5.41, 5.74) is 6.70. The van der Waals surface area contributed by atoms with Crippen molar-refractivity contribution in [2.45, 2.75) is 237 Å². The van der Waals surface area contributed by atoms with Crippen LogP contribution in [0.1, 0.15) is 224 Å². The maximum Gasteiger partial charge on any atom is 0.0639 e. The molecule has 364 valence electrons. The minimum absolute atomic E-state index is 0.0985. The molecule has 0 unspecified atom stereocenters. The van der Waals surface area contributed by atoms with E-state index in [0.717, 1.165) is 84.2 Å². The van der Waals surface area contributed by atoms with Gasteiger partial charge >= 0.3 is 0 Å². The van der Waals surface area contributed by atoms with Crippen molar-refractivity contribution >= 4 is 0 Å². The third-order valence-electron chi connectivity index (χ3n) is 26.4. The largest absolute Gasteiger partial charge is 0.393 e. The Balaban J connectivity index is 0.000000162. The normalized spacial score (nSPS) is 52.4. The highest BCUT2D eigenvalue weighted by Gasteiger charge is 2.83. The van der Waals surface area contributed by atoms with E-state index >= 15 is 0 Å². The standard InChI is InChI=1S/2C30H50O2/c2*1-20(18-31)8-7-9-21(2)22-12-14-28(6)24-11-10-23-26(3,4)25(32)13-15-29(23)19-30(24,29)17-16-27(22,28)5/h2*8,21-25,31-32H,7,9-19H2,1-6H3/b2*20-8+/t2*21-,22-,23+,24+,25+,27-,28+,29-,30+/m11/s1. The predicted molar refractivity (Wildman–Crippen MR) is 264 cm³/mol. The van der Waals surface area contributed by atoms with Crippen molar-refractivity contribution in [3.63, 3.8) is 0 Å². The lowest BCUT2D eigenvalue weighted by atomic mass is 9.41. The van der Waals surface area contributed by atoms with Gasteiger partial charge in [0.2, 0.25) is 0 Å². The van der Waals surface area contributed by atoms with Crippen LogP contribution in [0.15, 0.2) is 23.3 Å². The van der Waals surface area contributed by atoms with Gasteiger partial charge in [0.05, 0.1) is 25.4 Å². The first-order valence-corrected chi connectivity index (χ1v) is 27.9. The summed E-state index contributed by atoms with van der Waals surface area (Å²) in [6, 6.07) is 0. The molecule has 10 fully saturated rings. The van der Waals surface area contributed by atoms with E-state index in [2.05, 4.69) is 81.4 Å². The first kappa shape index (κ1) is 48.3. The predicted octanol–water partition coefficient (Wildman–Crippen LogP) is 14.3. The molecule has 10 rings (SSSR count). The molecule has 10 aliphatic carbocycles. The molecule has 64 heavy (non-hydrogen) atoms. The van der Waals surface area contributed by atoms with Crippen molar-refractivity contribution in [1.29, 1.82) is 0 Å². The van der Waals surface area contributed by atoms with Crippen molar-refractivity contribution < 1.29 is 20.4 Å². The van der Waals surface area contributed by atoms with Gasteiger partial charge in [0, 0.05) is 0 Å². The Morgan fingerprint density at radius 1 is 0.453 bits per heavy atom. The minimum atomic E-state index is -0.100. The molecule has 0 aromatic rings. The molecule has 0 amide bonds. The monoisotopic (exact) mass is 885 g/mol. The molecule has 0 saturated heterocycles. The Morgan fingerprint density at radius 2 is 0.797 bits per heavy atom. The molecule has 4 N–H and O–H groups in total. The fraction of sp³-hybridized carbons (Fsp3) is 0.933. The third-order valence-corrected chi connectivity index (χ3v) is 26.4. The fourth-order valence-electron chi connectivity index (χ4n) is 22.3. The highest BCUT2D eigenvalue weighted by Crippen LogP contribution is 2.90. The molecule has 10 aliphatic rings. The molecule has 4 spiro atoms. The summed E-state index contributed by atoms with van der Waals surface area (Å²) >= 11 is 0. The second kappa shape index (κ2) is 15.9. The second-order valence-electron chi connectivity index (χ2n) is 28.6. The minimum Gasteiger partial charge on any atom is -0.393 e. The summed E-state index contributed by atoms with van der Waals surface area (Å²) in [6.45, 7) is 29.9. The number of hydrogen-bond donors (Lipinski definition) is 4. The smallest absolute Gasteiger partial charge is 0.0639 e. The molecule has 0 aromatic heterocycles. The van der Waals surface area contributed by atoms with Crippen molar-refractivity contribution in [1.82, 2.24) is 0 Å². The molecular weight excluding hydrogens is 785 g/mol. The lowest BCUT2D eigenvalue weighted by molar-refractivity contribution is -0.161. The van der Waals surface area contributed by atoms with Gasteiger partial charge in [-0.1, -0.05) is 92.5 Å². The van der Waals surface area contributed by atoms with Gasteiger partial charge in [-0.25, -0.2) is 0 Å². The Morgan fingerprint density at radius 3 is 1.16 bits per heavy atom. The average Bonchev–Trinajstić information content (AvgIpc) is 4.06. The molecule has 0 aromatic carbocycles. The van der Waals surface area contributed by atoms with Crippen LogP contribution >= 0.6 is 0 Å². The number of aliphatic hydroxyl groups excluding tert-OH is 4. The van der Waals surface area contributed by atoms with Crippen molar-refractivity contribution in [2.24, 2.45) is 101 Å². The molecule has 4 heteroatoms. The van der Waals surface area contributed by atoms with Crippen LogP contribution in [0.2, 0.25) is 0 Å². The molecule has 0 radical (unpaired) electrons. The summed E-state index contributed by atoms with van der Waals surface area (Å²) in [5, 5.41) is 40.3. The van der Waals surface area contributed by atoms with Gasteiger partial charge in [0.25, 0.3) is 0 Å². The Hall–Kier alpha value is -0.680. The molecule has 0 heterocycles. The quantitative estimate of drug-likeness (QED) is 0.165. The van der Waals surface area contributed by atoms with Crippen molar-refractivity contribution in [2.75, 3.05) is 13.2 Å². The zero-order valence-corrected chi connectivity index (χ0v) is 43.7. The molecule has 18 atom stereocenters. The number of allylic oxidation sites excluding steroid dienone is 2. The lowest BCUT2D eigenvalue weighted by Gasteiger charge is -2.63. The van der Waals surface area contributed by atoms with Crippen molar-refractivity contribution in [3.8, 4) is 0 Å². The maximum atomic E-state index is 10.8. The second-order valence-corrected chi connectivity index (χ2v) is 28.6. The SMILES string of the molecule is C/C(=C\CC[C@@H](C)[C@H]1CC[C@@]2(C)[C@@H]3CC[C@H]4C(C)(C)[C@@H](O)CC[C@@]45C[C@@]35CC[C@]12C)CO.C/C(=C\CC[C@@H](C)[C@H]1CC[C@@]2(C)[C@@H]3CC[C@H]4C(C)(C)[C@@H](O)CC[C@@]45C[C@@]35CC[C@]12C)CO. The topological polar surface area (TPSA) is 80.9 Å². The highest BCUT2D eigenvalue weighted by atomic mass is 16.3. The Labute approximate surface area is 393 Å². The van der Waals surface area contributed by atoms with Gasteiger partial charge < -0.3 is 20.4 Å². The number of rotatable bonds is 10. The summed E-state index contributed by atoms with van der Waals surface area (Å²) in [6.07, 6.45) is 33.7. The van der Waals surface area contributed by atoms with Gasteiger partial charge in [-0.15, -0.1) is 0 Å². The summed E-state index contributed by atoms with van der Waals surface area (Å²) in [5.74, 6) is 6.53. The maximum absolute atomic E-state index is 10.8. The molecule has 4 nitrogen and oxygen atoms in total. The lowest BCUT2D eigenvalue weighted by Crippen LogP contribution is -2.57. The van der Waals surface area contributed by atoms with Gasteiger partial charge in [-0.2, -0.15) is 0 Å². The van der Waals surface area contributed by atoms with Crippen LogP contribution in [0.3, 0.4) is 0 Å². The van der Waals surface area contributed by atoms with E-state index in [1.165, 1.54) is 116 Å². The third kappa shape index (κ3) is 6.36. The van der Waals surface area contributed by atoms with E-state index in [-0.39, 0.29) is 36.3 Å². The van der Waals surface area contributed by atoms with E-state index in [4.69, 9.17) is 0 Å². The summed E-state index contributed by atoms with van der Waals surface area (Å²) < 4.78 is 0. The van der Waals surface area contributed by atoms with Crippen LogP contribution in [0.25, 0.3) is 0 Å². The van der Waals surface area contributed by atoms with Gasteiger partial charge in [-0.05, 0) is 257 Å². The summed E-state index contributed by atoms with van der Waals surface area (Å²) in [4.78, 5) is 0. The van der Waals surface area contributed by atoms with E-state index in [9.17, 15) is 20.4 Å². The van der Waals surface area contributed by atoms with Gasteiger partial charge in [-0.3, -0.25) is 0 Å². The average molecular weight is 885 g/mol. The van der Waals surface area contributed by atoms with Crippen molar-refractivity contribution in [3.05, 3.63) is 23.3 Å². The molecular formula is C60H100O4. The number of fused-ring (bicyclic) bond motifs is 4. The van der Waals surface area contributed by atoms with Crippen LogP contribution in [0, 0.1) is 101 Å². The number of hydrogen-bond acceptors (Lipinski definition) is 4. The molecule has 0 bridgehead atoms. The first-order chi connectivity index (χ1) is 30.0. The Bertz CT molecular complexity index is 1700. The molecule has 10 saturated carbocycles. The van der Waals surface area contributed by atoms with E-state index < -0.39 is 0 Å². The fourth-order valence-corrected chi connectivity index (χ4v) is 22.3. The number of aliphatic hydroxyl groups is 4.